The first-order chi connectivity index (χ1) is 14.4. The van der Waals surface area contributed by atoms with Crippen LogP contribution in [-0.4, -0.2) is 27.4 Å². The van der Waals surface area contributed by atoms with Crippen molar-refractivity contribution in [3.05, 3.63) is 69.7 Å². The van der Waals surface area contributed by atoms with Gasteiger partial charge in [-0.05, 0) is 18.2 Å². The van der Waals surface area contributed by atoms with Crippen molar-refractivity contribution < 1.29 is 23.2 Å². The van der Waals surface area contributed by atoms with E-state index < -0.39 is 17.4 Å². The number of nitro groups is 1. The van der Waals surface area contributed by atoms with Crippen molar-refractivity contribution in [2.75, 3.05) is 5.32 Å². The molecule has 4 aromatic rings. The van der Waals surface area contributed by atoms with Gasteiger partial charge in [0.1, 0.15) is 17.0 Å². The SMILES string of the molecule is O=C(Nc1nc(-c2ccccc2OC(F)F)cs1)c1cc2cccc([N+](=O)[O-])c2[nH]1. The number of halogens is 2. The van der Waals surface area contributed by atoms with Gasteiger partial charge in [-0.15, -0.1) is 11.3 Å². The number of carbonyl (C=O) groups is 1. The third-order valence-corrected chi connectivity index (χ3v) is 4.94. The Morgan fingerprint density at radius 2 is 2.03 bits per heavy atom. The van der Waals surface area contributed by atoms with E-state index in [4.69, 9.17) is 0 Å². The van der Waals surface area contributed by atoms with Crippen molar-refractivity contribution in [3.8, 4) is 17.0 Å². The van der Waals surface area contributed by atoms with Crippen LogP contribution in [0.3, 0.4) is 0 Å². The zero-order valence-electron chi connectivity index (χ0n) is 15.0. The minimum Gasteiger partial charge on any atom is -0.434 e. The maximum absolute atomic E-state index is 12.6. The smallest absolute Gasteiger partial charge is 0.387 e. The van der Waals surface area contributed by atoms with Crippen molar-refractivity contribution >= 4 is 39.0 Å². The van der Waals surface area contributed by atoms with Crippen LogP contribution in [0.5, 0.6) is 5.75 Å². The highest BCUT2D eigenvalue weighted by Gasteiger charge is 2.18. The number of para-hydroxylation sites is 2. The number of fused-ring (bicyclic) bond motifs is 1. The molecule has 2 aromatic carbocycles. The molecule has 0 atom stereocenters. The molecule has 0 aliphatic carbocycles. The molecular formula is C19H12F2N4O4S. The van der Waals surface area contributed by atoms with Crippen LogP contribution in [-0.2, 0) is 0 Å². The molecule has 0 aliphatic heterocycles. The number of hydrogen-bond donors (Lipinski definition) is 2. The third-order valence-electron chi connectivity index (χ3n) is 4.18. The van der Waals surface area contributed by atoms with Crippen molar-refractivity contribution in [1.82, 2.24) is 9.97 Å². The van der Waals surface area contributed by atoms with Gasteiger partial charge in [0.05, 0.1) is 10.6 Å². The van der Waals surface area contributed by atoms with E-state index in [2.05, 4.69) is 20.0 Å². The molecule has 4 rings (SSSR count). The molecule has 2 aromatic heterocycles. The second-order valence-electron chi connectivity index (χ2n) is 6.05. The van der Waals surface area contributed by atoms with Crippen LogP contribution in [0.4, 0.5) is 19.6 Å². The summed E-state index contributed by atoms with van der Waals surface area (Å²) in [5.74, 6) is -0.572. The van der Waals surface area contributed by atoms with E-state index >= 15 is 0 Å². The minimum atomic E-state index is -2.98. The summed E-state index contributed by atoms with van der Waals surface area (Å²) in [6.45, 7) is -2.98. The number of non-ortho nitro benzene ring substituents is 1. The number of nitrogens with one attached hydrogen (secondary N) is 2. The van der Waals surface area contributed by atoms with Crippen LogP contribution in [0.25, 0.3) is 22.2 Å². The highest BCUT2D eigenvalue weighted by atomic mass is 32.1. The Kier molecular flexibility index (Phi) is 5.11. The number of nitro benzene ring substituents is 1. The lowest BCUT2D eigenvalue weighted by atomic mass is 10.1. The number of benzene rings is 2. The number of thiazole rings is 1. The Bertz CT molecular complexity index is 1250. The molecule has 0 fully saturated rings. The van der Waals surface area contributed by atoms with E-state index in [-0.39, 0.29) is 27.8 Å². The maximum Gasteiger partial charge on any atom is 0.387 e. The highest BCUT2D eigenvalue weighted by molar-refractivity contribution is 7.14. The topological polar surface area (TPSA) is 110 Å². The monoisotopic (exact) mass is 430 g/mol. The number of carbonyl (C=O) groups excluding carboxylic acids is 1. The number of anilines is 1. The van der Waals surface area contributed by atoms with Gasteiger partial charge in [-0.1, -0.05) is 24.3 Å². The van der Waals surface area contributed by atoms with Gasteiger partial charge in [0.15, 0.2) is 5.13 Å². The number of aromatic amines is 1. The minimum absolute atomic E-state index is 0.0291. The van der Waals surface area contributed by atoms with Gasteiger partial charge in [0, 0.05) is 22.4 Å². The maximum atomic E-state index is 12.6. The van der Waals surface area contributed by atoms with E-state index in [1.165, 1.54) is 24.3 Å². The second-order valence-corrected chi connectivity index (χ2v) is 6.91. The molecule has 1 amide bonds. The van der Waals surface area contributed by atoms with E-state index in [1.807, 2.05) is 0 Å². The molecule has 30 heavy (non-hydrogen) atoms. The summed E-state index contributed by atoms with van der Waals surface area (Å²) in [7, 11) is 0. The molecule has 152 valence electrons. The average Bonchev–Trinajstić information content (AvgIpc) is 3.34. The van der Waals surface area contributed by atoms with Crippen molar-refractivity contribution in [3.63, 3.8) is 0 Å². The van der Waals surface area contributed by atoms with Gasteiger partial charge >= 0.3 is 6.61 Å². The van der Waals surface area contributed by atoms with Crippen LogP contribution in [0.15, 0.2) is 53.9 Å². The van der Waals surface area contributed by atoms with Crippen LogP contribution in [0, 0.1) is 10.1 Å². The Morgan fingerprint density at radius 3 is 2.80 bits per heavy atom. The number of amides is 1. The summed E-state index contributed by atoms with van der Waals surface area (Å²) in [5, 5.41) is 16.1. The molecule has 0 spiro atoms. The molecule has 0 saturated carbocycles. The first-order valence-corrected chi connectivity index (χ1v) is 9.37. The Balaban J connectivity index is 1.58. The molecule has 2 heterocycles. The highest BCUT2D eigenvalue weighted by Crippen LogP contribution is 2.33. The summed E-state index contributed by atoms with van der Waals surface area (Å²) < 4.78 is 29.7. The lowest BCUT2D eigenvalue weighted by Crippen LogP contribution is -2.12. The van der Waals surface area contributed by atoms with Gasteiger partial charge in [-0.3, -0.25) is 20.2 Å². The third kappa shape index (κ3) is 3.82. The molecule has 0 aliphatic rings. The Morgan fingerprint density at radius 1 is 1.23 bits per heavy atom. The van der Waals surface area contributed by atoms with E-state index in [0.717, 1.165) is 11.3 Å². The Hall–Kier alpha value is -3.86. The van der Waals surface area contributed by atoms with Crippen LogP contribution >= 0.6 is 11.3 Å². The Labute approximate surface area is 171 Å². The number of rotatable bonds is 6. The molecular weight excluding hydrogens is 418 g/mol. The number of alkyl halides is 2. The average molecular weight is 430 g/mol. The zero-order chi connectivity index (χ0) is 21.3. The van der Waals surface area contributed by atoms with Crippen molar-refractivity contribution in [1.29, 1.82) is 0 Å². The van der Waals surface area contributed by atoms with Gasteiger partial charge in [-0.2, -0.15) is 8.78 Å². The van der Waals surface area contributed by atoms with Crippen molar-refractivity contribution in [2.24, 2.45) is 0 Å². The van der Waals surface area contributed by atoms with E-state index in [9.17, 15) is 23.7 Å². The standard InChI is InChI=1S/C19H12F2N4O4S/c20-18(21)29-15-7-2-1-5-11(15)13-9-30-19(23-13)24-17(26)12-8-10-4-3-6-14(25(27)28)16(10)22-12/h1-9,18,22H,(H,23,24,26). The molecule has 0 radical (unpaired) electrons. The number of nitrogens with zero attached hydrogens (tertiary/aromatic N) is 2. The lowest BCUT2D eigenvalue weighted by molar-refractivity contribution is -0.383. The molecule has 8 nitrogen and oxygen atoms in total. The molecule has 2 N–H and O–H groups in total. The normalized spacial score (nSPS) is 11.0. The molecule has 0 unspecified atom stereocenters. The van der Waals surface area contributed by atoms with Crippen molar-refractivity contribution in [2.45, 2.75) is 6.61 Å². The second kappa shape index (κ2) is 7.87. The fraction of sp³-hybridized carbons (Fsp3) is 0.0526. The summed E-state index contributed by atoms with van der Waals surface area (Å²) in [6.07, 6.45) is 0. The first-order valence-electron chi connectivity index (χ1n) is 8.49. The summed E-state index contributed by atoms with van der Waals surface area (Å²) in [6, 6.07) is 12.2. The summed E-state index contributed by atoms with van der Waals surface area (Å²) in [5.41, 5.74) is 0.941. The fourth-order valence-corrected chi connectivity index (χ4v) is 3.62. The van der Waals surface area contributed by atoms with Gasteiger partial charge < -0.3 is 9.72 Å². The number of hydrogen-bond acceptors (Lipinski definition) is 6. The largest absolute Gasteiger partial charge is 0.434 e. The van der Waals surface area contributed by atoms with Gasteiger partial charge in [-0.25, -0.2) is 4.98 Å². The predicted octanol–water partition coefficient (Wildman–Crippen LogP) is 5.05. The van der Waals surface area contributed by atoms with Gasteiger partial charge in [0.25, 0.3) is 11.6 Å². The first kappa shape index (κ1) is 19.5. The number of aromatic nitrogens is 2. The van der Waals surface area contributed by atoms with E-state index in [0.29, 0.717) is 16.6 Å². The summed E-state index contributed by atoms with van der Waals surface area (Å²) >= 11 is 1.10. The molecule has 0 bridgehead atoms. The van der Waals surface area contributed by atoms with E-state index in [1.54, 1.807) is 29.6 Å². The van der Waals surface area contributed by atoms with Crippen LogP contribution in [0.2, 0.25) is 0 Å². The zero-order valence-corrected chi connectivity index (χ0v) is 15.8. The number of ether oxygens (including phenoxy) is 1. The quantitative estimate of drug-likeness (QED) is 0.328. The molecule has 0 saturated heterocycles. The summed E-state index contributed by atoms with van der Waals surface area (Å²) in [4.78, 5) is 30.2. The lowest BCUT2D eigenvalue weighted by Gasteiger charge is -2.08. The fourth-order valence-electron chi connectivity index (χ4n) is 2.91. The number of H-pyrrole nitrogens is 1. The van der Waals surface area contributed by atoms with Crippen LogP contribution in [0.1, 0.15) is 10.5 Å². The predicted molar refractivity (Wildman–Crippen MR) is 107 cm³/mol. The van der Waals surface area contributed by atoms with Crippen LogP contribution < -0.4 is 10.1 Å². The molecule has 11 heteroatoms. The van der Waals surface area contributed by atoms with Gasteiger partial charge in [0.2, 0.25) is 0 Å².